The lowest BCUT2D eigenvalue weighted by atomic mass is 10.1. The molecule has 19 heavy (non-hydrogen) atoms. The van der Waals surface area contributed by atoms with E-state index < -0.39 is 0 Å². The van der Waals surface area contributed by atoms with Crippen LogP contribution in [-0.4, -0.2) is 24.6 Å². The van der Waals surface area contributed by atoms with E-state index >= 15 is 0 Å². The molecule has 0 saturated carbocycles. The van der Waals surface area contributed by atoms with Crippen molar-refractivity contribution in [2.24, 2.45) is 5.73 Å². The van der Waals surface area contributed by atoms with Crippen LogP contribution in [0.3, 0.4) is 0 Å². The van der Waals surface area contributed by atoms with Gasteiger partial charge in [-0.1, -0.05) is 18.2 Å². The van der Waals surface area contributed by atoms with Crippen LogP contribution in [0.25, 0.3) is 0 Å². The third-order valence-electron chi connectivity index (χ3n) is 2.89. The predicted molar refractivity (Wildman–Crippen MR) is 77.2 cm³/mol. The van der Waals surface area contributed by atoms with Crippen molar-refractivity contribution >= 4 is 5.91 Å². The fourth-order valence-corrected chi connectivity index (χ4v) is 1.62. The molecule has 1 aromatic carbocycles. The number of nitrogens with one attached hydrogen (secondary N) is 1. The first kappa shape index (κ1) is 15.5. The Morgan fingerprint density at radius 1 is 1.37 bits per heavy atom. The van der Waals surface area contributed by atoms with Gasteiger partial charge in [-0.05, 0) is 38.8 Å². The maximum Gasteiger partial charge on any atom is 0.220 e. The molecule has 0 heterocycles. The Balaban J connectivity index is 2.25. The quantitative estimate of drug-likeness (QED) is 0.740. The summed E-state index contributed by atoms with van der Waals surface area (Å²) in [6, 6.07) is 7.86. The van der Waals surface area contributed by atoms with E-state index in [1.54, 1.807) is 0 Å². The molecule has 4 heteroatoms. The second-order valence-electron chi connectivity index (χ2n) is 5.35. The minimum Gasteiger partial charge on any atom is -0.493 e. The van der Waals surface area contributed by atoms with Gasteiger partial charge in [0.05, 0.1) is 6.61 Å². The summed E-state index contributed by atoms with van der Waals surface area (Å²) in [5, 5.41) is 2.90. The summed E-state index contributed by atoms with van der Waals surface area (Å²) in [5.74, 6) is 0.897. The van der Waals surface area contributed by atoms with Gasteiger partial charge >= 0.3 is 0 Å². The number of hydrogen-bond donors (Lipinski definition) is 2. The molecule has 0 atom stereocenters. The van der Waals surface area contributed by atoms with Gasteiger partial charge in [0.1, 0.15) is 5.75 Å². The Kier molecular flexibility index (Phi) is 5.83. The highest BCUT2D eigenvalue weighted by Gasteiger charge is 2.17. The van der Waals surface area contributed by atoms with Gasteiger partial charge < -0.3 is 15.8 Å². The monoisotopic (exact) mass is 264 g/mol. The molecule has 106 valence electrons. The van der Waals surface area contributed by atoms with Crippen LogP contribution in [-0.2, 0) is 4.79 Å². The van der Waals surface area contributed by atoms with Gasteiger partial charge in [-0.15, -0.1) is 0 Å². The molecule has 0 aliphatic rings. The molecule has 1 amide bonds. The summed E-state index contributed by atoms with van der Waals surface area (Å²) in [6.45, 7) is 6.80. The summed E-state index contributed by atoms with van der Waals surface area (Å²) in [5.41, 5.74) is 6.33. The van der Waals surface area contributed by atoms with Crippen molar-refractivity contribution in [3.8, 4) is 5.75 Å². The molecule has 0 aliphatic heterocycles. The first-order valence-electron chi connectivity index (χ1n) is 6.64. The maximum atomic E-state index is 11.7. The van der Waals surface area contributed by atoms with Crippen LogP contribution in [0.5, 0.6) is 5.75 Å². The zero-order valence-electron chi connectivity index (χ0n) is 12.0. The number of carbonyl (C=O) groups is 1. The van der Waals surface area contributed by atoms with Gasteiger partial charge in [-0.25, -0.2) is 0 Å². The van der Waals surface area contributed by atoms with E-state index in [1.165, 1.54) is 0 Å². The van der Waals surface area contributed by atoms with Crippen molar-refractivity contribution in [3.63, 3.8) is 0 Å². The highest BCUT2D eigenvalue weighted by Crippen LogP contribution is 2.16. The zero-order valence-corrected chi connectivity index (χ0v) is 12.0. The highest BCUT2D eigenvalue weighted by molar-refractivity contribution is 5.76. The van der Waals surface area contributed by atoms with Crippen molar-refractivity contribution < 1.29 is 9.53 Å². The third kappa shape index (κ3) is 5.75. The van der Waals surface area contributed by atoms with E-state index in [4.69, 9.17) is 10.5 Å². The average molecular weight is 264 g/mol. The molecular weight excluding hydrogens is 240 g/mol. The molecule has 0 saturated heterocycles. The predicted octanol–water partition coefficient (Wildman–Crippen LogP) is 2.01. The summed E-state index contributed by atoms with van der Waals surface area (Å²) in [7, 11) is 0. The SMILES string of the molecule is Cc1ccccc1OCCCC(=O)NC(C)(C)CN. The molecule has 0 aliphatic carbocycles. The van der Waals surface area contributed by atoms with Gasteiger partial charge in [-0.3, -0.25) is 4.79 Å². The fourth-order valence-electron chi connectivity index (χ4n) is 1.62. The molecule has 1 rings (SSSR count). The molecule has 0 radical (unpaired) electrons. The Morgan fingerprint density at radius 3 is 2.68 bits per heavy atom. The topological polar surface area (TPSA) is 64.3 Å². The number of rotatable bonds is 7. The van der Waals surface area contributed by atoms with E-state index in [-0.39, 0.29) is 11.4 Å². The molecule has 1 aromatic rings. The van der Waals surface area contributed by atoms with Crippen molar-refractivity contribution in [2.45, 2.75) is 39.2 Å². The molecule has 0 aromatic heterocycles. The number of benzene rings is 1. The van der Waals surface area contributed by atoms with Crippen LogP contribution in [0.2, 0.25) is 0 Å². The molecule has 0 bridgehead atoms. The van der Waals surface area contributed by atoms with E-state index in [2.05, 4.69) is 5.32 Å². The number of hydrogen-bond acceptors (Lipinski definition) is 3. The standard InChI is InChI=1S/C15H24N2O2/c1-12-7-4-5-8-13(12)19-10-6-9-14(18)17-15(2,3)11-16/h4-5,7-8H,6,9-11,16H2,1-3H3,(H,17,18). The minimum absolute atomic E-state index is 0.0174. The molecule has 3 N–H and O–H groups in total. The lowest BCUT2D eigenvalue weighted by molar-refractivity contribution is -0.122. The van der Waals surface area contributed by atoms with Crippen LogP contribution in [0.1, 0.15) is 32.3 Å². The van der Waals surface area contributed by atoms with E-state index in [1.807, 2.05) is 45.0 Å². The fraction of sp³-hybridized carbons (Fsp3) is 0.533. The van der Waals surface area contributed by atoms with Crippen molar-refractivity contribution in [1.29, 1.82) is 0 Å². The van der Waals surface area contributed by atoms with Gasteiger partial charge in [0, 0.05) is 18.5 Å². The number of amides is 1. The van der Waals surface area contributed by atoms with Crippen molar-refractivity contribution in [2.75, 3.05) is 13.2 Å². The highest BCUT2D eigenvalue weighted by atomic mass is 16.5. The second-order valence-corrected chi connectivity index (χ2v) is 5.35. The number of nitrogens with two attached hydrogens (primary N) is 1. The van der Waals surface area contributed by atoms with Gasteiger partial charge in [0.15, 0.2) is 0 Å². The van der Waals surface area contributed by atoms with Crippen LogP contribution in [0, 0.1) is 6.92 Å². The summed E-state index contributed by atoms with van der Waals surface area (Å²) >= 11 is 0. The second kappa shape index (κ2) is 7.14. The summed E-state index contributed by atoms with van der Waals surface area (Å²) in [6.07, 6.45) is 1.15. The normalized spacial score (nSPS) is 11.2. The zero-order chi connectivity index (χ0) is 14.3. The number of carbonyl (C=O) groups excluding carboxylic acids is 1. The Hall–Kier alpha value is -1.55. The number of para-hydroxylation sites is 1. The molecular formula is C15H24N2O2. The lowest BCUT2D eigenvalue weighted by Gasteiger charge is -2.24. The Labute approximate surface area is 115 Å². The molecule has 4 nitrogen and oxygen atoms in total. The van der Waals surface area contributed by atoms with Crippen molar-refractivity contribution in [1.82, 2.24) is 5.32 Å². The number of aryl methyl sites for hydroxylation is 1. The Morgan fingerprint density at radius 2 is 2.05 bits per heavy atom. The third-order valence-corrected chi connectivity index (χ3v) is 2.89. The van der Waals surface area contributed by atoms with Crippen LogP contribution >= 0.6 is 0 Å². The number of ether oxygens (including phenoxy) is 1. The van der Waals surface area contributed by atoms with Crippen LogP contribution in [0.4, 0.5) is 0 Å². The minimum atomic E-state index is -0.339. The smallest absolute Gasteiger partial charge is 0.220 e. The van der Waals surface area contributed by atoms with E-state index in [9.17, 15) is 4.79 Å². The summed E-state index contributed by atoms with van der Waals surface area (Å²) < 4.78 is 5.64. The lowest BCUT2D eigenvalue weighted by Crippen LogP contribution is -2.48. The van der Waals surface area contributed by atoms with E-state index in [0.29, 0.717) is 26.0 Å². The molecule has 0 unspecified atom stereocenters. The summed E-state index contributed by atoms with van der Waals surface area (Å²) in [4.78, 5) is 11.7. The van der Waals surface area contributed by atoms with Gasteiger partial charge in [0.2, 0.25) is 5.91 Å². The van der Waals surface area contributed by atoms with Crippen LogP contribution in [0.15, 0.2) is 24.3 Å². The van der Waals surface area contributed by atoms with Gasteiger partial charge in [0.25, 0.3) is 0 Å². The Bertz CT molecular complexity index is 416. The first-order valence-corrected chi connectivity index (χ1v) is 6.64. The first-order chi connectivity index (χ1) is 8.94. The van der Waals surface area contributed by atoms with Gasteiger partial charge in [-0.2, -0.15) is 0 Å². The largest absolute Gasteiger partial charge is 0.493 e. The van der Waals surface area contributed by atoms with E-state index in [0.717, 1.165) is 11.3 Å². The van der Waals surface area contributed by atoms with Crippen molar-refractivity contribution in [3.05, 3.63) is 29.8 Å². The maximum absolute atomic E-state index is 11.7. The molecule has 0 spiro atoms. The molecule has 0 fully saturated rings. The van der Waals surface area contributed by atoms with Crippen LogP contribution < -0.4 is 15.8 Å². The average Bonchev–Trinajstić information content (AvgIpc) is 2.36.